The Labute approximate surface area is 190 Å². The number of aryl methyl sites for hydroxylation is 2. The summed E-state index contributed by atoms with van der Waals surface area (Å²) in [6.07, 6.45) is 4.42. The van der Waals surface area contributed by atoms with E-state index in [1.165, 1.54) is 0 Å². The second-order valence-electron chi connectivity index (χ2n) is 9.26. The van der Waals surface area contributed by atoms with E-state index in [2.05, 4.69) is 14.9 Å². The molecule has 2 atom stereocenters. The van der Waals surface area contributed by atoms with Crippen LogP contribution < -0.4 is 15.7 Å². The summed E-state index contributed by atoms with van der Waals surface area (Å²) in [7, 11) is 3.55. The molecule has 0 bridgehead atoms. The van der Waals surface area contributed by atoms with Gasteiger partial charge >= 0.3 is 5.69 Å². The van der Waals surface area contributed by atoms with E-state index >= 15 is 0 Å². The first-order valence-electron chi connectivity index (χ1n) is 11.4. The number of aromatic nitrogens is 5. The minimum Gasteiger partial charge on any atom is -0.473 e. The minimum atomic E-state index is -0.171. The smallest absolute Gasteiger partial charge is 0.328 e. The summed E-state index contributed by atoms with van der Waals surface area (Å²) >= 11 is 0. The number of nitrogens with zero attached hydrogens (tertiary/aromatic N) is 5. The maximum Gasteiger partial charge on any atom is 0.328 e. The Morgan fingerprint density at radius 1 is 1.12 bits per heavy atom. The van der Waals surface area contributed by atoms with Crippen molar-refractivity contribution in [1.29, 1.82) is 0 Å². The molecule has 9 nitrogen and oxygen atoms in total. The van der Waals surface area contributed by atoms with Crippen molar-refractivity contribution in [3.05, 3.63) is 41.1 Å². The third-order valence-electron chi connectivity index (χ3n) is 7.00. The fraction of sp³-hybridized carbons (Fsp3) is 0.417. The van der Waals surface area contributed by atoms with Gasteiger partial charge in [0.2, 0.25) is 11.8 Å². The molecule has 1 aliphatic heterocycles. The Bertz CT molecular complexity index is 1480. The molecule has 2 fully saturated rings. The van der Waals surface area contributed by atoms with Crippen LogP contribution in [0.2, 0.25) is 0 Å². The molecule has 9 heteroatoms. The predicted molar refractivity (Wildman–Crippen MR) is 124 cm³/mol. The third-order valence-corrected chi connectivity index (χ3v) is 7.00. The summed E-state index contributed by atoms with van der Waals surface area (Å²) in [6.45, 7) is 2.61. The SMILES string of the molecule is CC(Oc1nc(-c2ccc3c(c2)n(C)c(=O)n3C)cc2ncn(C3CC3)c12)C1CNC(=O)C1. The number of fused-ring (bicyclic) bond motifs is 2. The molecule has 1 N–H and O–H groups in total. The Morgan fingerprint density at radius 2 is 1.91 bits per heavy atom. The maximum absolute atomic E-state index is 12.4. The van der Waals surface area contributed by atoms with Crippen LogP contribution in [0.1, 0.15) is 32.2 Å². The van der Waals surface area contributed by atoms with Crippen LogP contribution in [0.4, 0.5) is 0 Å². The molecule has 33 heavy (non-hydrogen) atoms. The van der Waals surface area contributed by atoms with E-state index in [0.29, 0.717) is 24.9 Å². The van der Waals surface area contributed by atoms with Crippen molar-refractivity contribution in [3.8, 4) is 17.1 Å². The molecule has 1 aromatic carbocycles. The number of carbonyl (C=O) groups is 1. The number of hydrogen-bond acceptors (Lipinski definition) is 5. The van der Waals surface area contributed by atoms with Gasteiger partial charge < -0.3 is 14.6 Å². The summed E-state index contributed by atoms with van der Waals surface area (Å²) in [4.78, 5) is 33.7. The van der Waals surface area contributed by atoms with Gasteiger partial charge in [-0.3, -0.25) is 13.9 Å². The third kappa shape index (κ3) is 3.21. The summed E-state index contributed by atoms with van der Waals surface area (Å²) in [5.41, 5.74) is 5.01. The molecular formula is C24H26N6O3. The molecule has 3 aromatic heterocycles. The van der Waals surface area contributed by atoms with Crippen LogP contribution in [0.3, 0.4) is 0 Å². The van der Waals surface area contributed by atoms with E-state index in [-0.39, 0.29) is 23.6 Å². The number of ether oxygens (including phenoxy) is 1. The second kappa shape index (κ2) is 7.19. The summed E-state index contributed by atoms with van der Waals surface area (Å²) < 4.78 is 11.9. The molecule has 1 saturated carbocycles. The number of imidazole rings is 2. The van der Waals surface area contributed by atoms with Crippen LogP contribution >= 0.6 is 0 Å². The number of amides is 1. The number of rotatable bonds is 5. The fourth-order valence-electron chi connectivity index (χ4n) is 4.78. The van der Waals surface area contributed by atoms with Gasteiger partial charge in [-0.25, -0.2) is 14.8 Å². The average Bonchev–Trinajstić information content (AvgIpc) is 3.35. The van der Waals surface area contributed by atoms with Gasteiger partial charge in [-0.2, -0.15) is 0 Å². The Morgan fingerprint density at radius 3 is 2.64 bits per heavy atom. The molecule has 2 aliphatic rings. The zero-order chi connectivity index (χ0) is 22.9. The molecular weight excluding hydrogens is 420 g/mol. The van der Waals surface area contributed by atoms with Gasteiger partial charge in [-0.05, 0) is 38.0 Å². The first-order valence-corrected chi connectivity index (χ1v) is 11.4. The van der Waals surface area contributed by atoms with E-state index in [1.807, 2.05) is 37.5 Å². The topological polar surface area (TPSA) is 96.0 Å². The van der Waals surface area contributed by atoms with Crippen molar-refractivity contribution >= 4 is 28.0 Å². The van der Waals surface area contributed by atoms with Gasteiger partial charge in [0.05, 0.1) is 28.6 Å². The zero-order valence-electron chi connectivity index (χ0n) is 18.9. The highest BCUT2D eigenvalue weighted by Gasteiger charge is 2.31. The quantitative estimate of drug-likeness (QED) is 0.508. The van der Waals surface area contributed by atoms with E-state index in [1.54, 1.807) is 23.2 Å². The lowest BCUT2D eigenvalue weighted by molar-refractivity contribution is -0.119. The molecule has 4 heterocycles. The second-order valence-corrected chi connectivity index (χ2v) is 9.26. The van der Waals surface area contributed by atoms with Crippen LogP contribution in [0.5, 0.6) is 5.88 Å². The monoisotopic (exact) mass is 446 g/mol. The van der Waals surface area contributed by atoms with Crippen molar-refractivity contribution in [2.24, 2.45) is 20.0 Å². The van der Waals surface area contributed by atoms with Crippen molar-refractivity contribution in [1.82, 2.24) is 29.0 Å². The number of nitrogens with one attached hydrogen (secondary N) is 1. The highest BCUT2D eigenvalue weighted by atomic mass is 16.5. The van der Waals surface area contributed by atoms with Gasteiger partial charge in [-0.1, -0.05) is 6.07 Å². The lowest BCUT2D eigenvalue weighted by atomic mass is 10.0. The molecule has 0 radical (unpaired) electrons. The normalized spacial score (nSPS) is 19.4. The van der Waals surface area contributed by atoms with Crippen molar-refractivity contribution in [2.45, 2.75) is 38.3 Å². The van der Waals surface area contributed by atoms with Crippen LogP contribution in [0.25, 0.3) is 33.3 Å². The molecule has 0 spiro atoms. The van der Waals surface area contributed by atoms with E-state index in [0.717, 1.165) is 46.2 Å². The van der Waals surface area contributed by atoms with Crippen molar-refractivity contribution < 1.29 is 9.53 Å². The maximum atomic E-state index is 12.4. The highest BCUT2D eigenvalue weighted by Crippen LogP contribution is 2.40. The summed E-state index contributed by atoms with van der Waals surface area (Å²) in [5, 5.41) is 2.89. The lowest BCUT2D eigenvalue weighted by Crippen LogP contribution is -2.26. The molecule has 4 aromatic rings. The number of benzene rings is 1. The fourth-order valence-corrected chi connectivity index (χ4v) is 4.78. The molecule has 1 aliphatic carbocycles. The first-order chi connectivity index (χ1) is 15.9. The van der Waals surface area contributed by atoms with E-state index in [4.69, 9.17) is 9.72 Å². The molecule has 1 amide bonds. The minimum absolute atomic E-state index is 0.0621. The Hall–Kier alpha value is -3.62. The Balaban J connectivity index is 1.47. The number of hydrogen-bond donors (Lipinski definition) is 1. The highest BCUT2D eigenvalue weighted by molar-refractivity contribution is 5.87. The van der Waals surface area contributed by atoms with Crippen LogP contribution in [-0.2, 0) is 18.9 Å². The van der Waals surface area contributed by atoms with Gasteiger partial charge in [0, 0.05) is 44.6 Å². The molecule has 1 saturated heterocycles. The first kappa shape index (κ1) is 20.0. The van der Waals surface area contributed by atoms with E-state index < -0.39 is 0 Å². The lowest BCUT2D eigenvalue weighted by Gasteiger charge is -2.20. The van der Waals surface area contributed by atoms with Gasteiger partial charge in [0.25, 0.3) is 0 Å². The molecule has 2 unspecified atom stereocenters. The number of pyridine rings is 1. The van der Waals surface area contributed by atoms with Gasteiger partial charge in [-0.15, -0.1) is 0 Å². The largest absolute Gasteiger partial charge is 0.473 e. The van der Waals surface area contributed by atoms with Crippen LogP contribution in [-0.4, -0.2) is 42.2 Å². The van der Waals surface area contributed by atoms with E-state index in [9.17, 15) is 9.59 Å². The summed E-state index contributed by atoms with van der Waals surface area (Å²) in [5.74, 6) is 0.707. The molecule has 6 rings (SSSR count). The van der Waals surface area contributed by atoms with Crippen LogP contribution in [0.15, 0.2) is 35.4 Å². The summed E-state index contributed by atoms with van der Waals surface area (Å²) in [6, 6.07) is 8.31. The van der Waals surface area contributed by atoms with Crippen molar-refractivity contribution in [2.75, 3.05) is 6.54 Å². The number of carbonyl (C=O) groups excluding carboxylic acids is 1. The standard InChI is InChI=1S/C24H26N6O3/c1-13(15-9-21(31)25-11-15)33-23-22-18(26-12-30(22)16-5-6-16)10-17(27-23)14-4-7-19-20(8-14)29(3)24(32)28(19)2/h4,7-8,10,12-13,15-16H,5-6,9,11H2,1-3H3,(H,25,31). The van der Waals surface area contributed by atoms with Crippen LogP contribution in [0, 0.1) is 5.92 Å². The predicted octanol–water partition coefficient (Wildman–Crippen LogP) is 2.53. The van der Waals surface area contributed by atoms with Gasteiger partial charge in [0.15, 0.2) is 0 Å². The van der Waals surface area contributed by atoms with Crippen molar-refractivity contribution in [3.63, 3.8) is 0 Å². The Kier molecular flexibility index (Phi) is 4.36. The molecule has 170 valence electrons. The zero-order valence-corrected chi connectivity index (χ0v) is 18.9. The average molecular weight is 447 g/mol. The van der Waals surface area contributed by atoms with Gasteiger partial charge in [0.1, 0.15) is 11.6 Å².